The number of anilines is 1. The number of amides is 1. The van der Waals surface area contributed by atoms with Crippen LogP contribution in [-0.4, -0.2) is 33.4 Å². The second-order valence-electron chi connectivity index (χ2n) is 11.0. The molecule has 1 fully saturated rings. The Morgan fingerprint density at radius 2 is 1.82 bits per heavy atom. The first-order valence-electron chi connectivity index (χ1n) is 12.8. The number of aliphatic hydroxyl groups excluding tert-OH is 1. The maximum atomic E-state index is 13.5. The van der Waals surface area contributed by atoms with Gasteiger partial charge in [-0.15, -0.1) is 0 Å². The highest BCUT2D eigenvalue weighted by Crippen LogP contribution is 2.42. The molecule has 7 heteroatoms. The van der Waals surface area contributed by atoms with E-state index in [1.54, 1.807) is 12.1 Å². The lowest BCUT2D eigenvalue weighted by atomic mass is 9.85. The van der Waals surface area contributed by atoms with Crippen LogP contribution in [0.3, 0.4) is 0 Å². The number of imidazole rings is 1. The van der Waals surface area contributed by atoms with E-state index < -0.39 is 17.7 Å². The number of aromatic amines is 1. The van der Waals surface area contributed by atoms with E-state index in [0.29, 0.717) is 23.3 Å². The van der Waals surface area contributed by atoms with Gasteiger partial charge < -0.3 is 14.8 Å². The van der Waals surface area contributed by atoms with Crippen molar-refractivity contribution in [3.8, 4) is 5.75 Å². The van der Waals surface area contributed by atoms with Crippen molar-refractivity contribution in [3.05, 3.63) is 94.1 Å². The van der Waals surface area contributed by atoms with Gasteiger partial charge in [0, 0.05) is 12.0 Å². The number of hydrogen-bond donors (Lipinski definition) is 2. The number of ether oxygens (including phenoxy) is 1. The standard InChI is InChI=1S/C31H29N3O4/c1-17-5-11-22-23(15-17)33-30(32-22)34-26(18-6-9-21(10-7-18)31(2,3)4)25(28(36)29(34)37)27(35)20-8-12-24-19(16-20)13-14-38-24/h5-12,15-16,26,35H,13-14H2,1-4H3,(H,32,33)/b27-25+. The van der Waals surface area contributed by atoms with E-state index in [4.69, 9.17) is 4.74 Å². The molecule has 1 aromatic heterocycles. The van der Waals surface area contributed by atoms with E-state index in [1.165, 1.54) is 4.90 Å². The molecule has 0 saturated carbocycles. The number of aliphatic hydroxyl groups is 1. The number of H-pyrrole nitrogens is 1. The van der Waals surface area contributed by atoms with Gasteiger partial charge in [0.25, 0.3) is 5.78 Å². The van der Waals surface area contributed by atoms with Gasteiger partial charge in [0.2, 0.25) is 5.95 Å². The fraction of sp³-hybridized carbons (Fsp3) is 0.258. The van der Waals surface area contributed by atoms with Crippen LogP contribution < -0.4 is 9.64 Å². The lowest BCUT2D eigenvalue weighted by Gasteiger charge is -2.25. The molecule has 0 bridgehead atoms. The smallest absolute Gasteiger partial charge is 0.302 e. The normalized spacial score (nSPS) is 18.7. The van der Waals surface area contributed by atoms with Gasteiger partial charge in [0.1, 0.15) is 11.5 Å². The SMILES string of the molecule is Cc1ccc2nc(N3C(=O)C(=O)/C(=C(/O)c4ccc5c(c4)CCO5)C3c3ccc(C(C)(C)C)cc3)[nH]c2c1. The number of nitrogens with one attached hydrogen (secondary N) is 1. The van der Waals surface area contributed by atoms with Crippen LogP contribution >= 0.6 is 0 Å². The molecule has 2 aliphatic heterocycles. The molecule has 0 aliphatic carbocycles. The summed E-state index contributed by atoms with van der Waals surface area (Å²) in [5.74, 6) is -0.664. The van der Waals surface area contributed by atoms with E-state index in [0.717, 1.165) is 34.4 Å². The highest BCUT2D eigenvalue weighted by Gasteiger charge is 2.48. The van der Waals surface area contributed by atoms with E-state index in [9.17, 15) is 14.7 Å². The summed E-state index contributed by atoms with van der Waals surface area (Å²) in [6, 6.07) is 18.1. The van der Waals surface area contributed by atoms with Crippen LogP contribution in [0.1, 0.15) is 54.6 Å². The Hall–Kier alpha value is -4.39. The molecule has 0 spiro atoms. The number of ketones is 1. The topological polar surface area (TPSA) is 95.5 Å². The Labute approximate surface area is 220 Å². The third kappa shape index (κ3) is 3.86. The Morgan fingerprint density at radius 3 is 2.55 bits per heavy atom. The minimum Gasteiger partial charge on any atom is -0.507 e. The minimum atomic E-state index is -0.852. The average Bonchev–Trinajstić information content (AvgIpc) is 3.59. The molecule has 2 aliphatic rings. The number of rotatable bonds is 3. The molecule has 2 N–H and O–H groups in total. The number of benzene rings is 3. The van der Waals surface area contributed by atoms with Crippen molar-refractivity contribution >= 4 is 34.4 Å². The van der Waals surface area contributed by atoms with Gasteiger partial charge >= 0.3 is 5.91 Å². The van der Waals surface area contributed by atoms with Crippen molar-refractivity contribution in [3.63, 3.8) is 0 Å². The van der Waals surface area contributed by atoms with Crippen LogP contribution in [0.2, 0.25) is 0 Å². The molecule has 1 unspecified atom stereocenters. The molecule has 0 radical (unpaired) electrons. The largest absolute Gasteiger partial charge is 0.507 e. The Bertz CT molecular complexity index is 1640. The number of nitrogens with zero attached hydrogens (tertiary/aromatic N) is 2. The third-order valence-electron chi connectivity index (χ3n) is 7.35. The summed E-state index contributed by atoms with van der Waals surface area (Å²) in [4.78, 5) is 36.3. The average molecular weight is 508 g/mol. The summed E-state index contributed by atoms with van der Waals surface area (Å²) in [7, 11) is 0. The van der Waals surface area contributed by atoms with Crippen molar-refractivity contribution in [1.82, 2.24) is 9.97 Å². The van der Waals surface area contributed by atoms with Crippen LogP contribution in [-0.2, 0) is 21.4 Å². The van der Waals surface area contributed by atoms with Crippen LogP contribution in [0.5, 0.6) is 5.75 Å². The number of Topliss-reactive ketones (excluding diaryl/α,β-unsaturated/α-hetero) is 1. The van der Waals surface area contributed by atoms with Crippen molar-refractivity contribution in [2.75, 3.05) is 11.5 Å². The zero-order chi connectivity index (χ0) is 26.8. The van der Waals surface area contributed by atoms with Crippen LogP contribution in [0.25, 0.3) is 16.8 Å². The van der Waals surface area contributed by atoms with Crippen molar-refractivity contribution < 1.29 is 19.4 Å². The number of aromatic nitrogens is 2. The number of aryl methyl sites for hydroxylation is 1. The van der Waals surface area contributed by atoms with Gasteiger partial charge in [0.05, 0.1) is 29.3 Å². The van der Waals surface area contributed by atoms with E-state index in [1.807, 2.05) is 55.5 Å². The maximum absolute atomic E-state index is 13.5. The molecular weight excluding hydrogens is 478 g/mol. The molecular formula is C31H29N3O4. The first kappa shape index (κ1) is 24.0. The molecule has 38 heavy (non-hydrogen) atoms. The Kier molecular flexibility index (Phi) is 5.42. The maximum Gasteiger partial charge on any atom is 0.302 e. The highest BCUT2D eigenvalue weighted by molar-refractivity contribution is 6.51. The molecule has 1 saturated heterocycles. The second kappa shape index (κ2) is 8.58. The number of carbonyl (C=O) groups excluding carboxylic acids is 2. The summed E-state index contributed by atoms with van der Waals surface area (Å²) in [5, 5.41) is 11.5. The lowest BCUT2D eigenvalue weighted by Crippen LogP contribution is -2.30. The van der Waals surface area contributed by atoms with Gasteiger partial charge in [0.15, 0.2) is 0 Å². The molecule has 3 heterocycles. The Morgan fingerprint density at radius 1 is 1.05 bits per heavy atom. The molecule has 1 atom stereocenters. The van der Waals surface area contributed by atoms with Crippen LogP contribution in [0.15, 0.2) is 66.2 Å². The number of carbonyl (C=O) groups is 2. The molecule has 3 aromatic carbocycles. The zero-order valence-electron chi connectivity index (χ0n) is 21.8. The van der Waals surface area contributed by atoms with E-state index in [2.05, 4.69) is 30.7 Å². The zero-order valence-corrected chi connectivity index (χ0v) is 21.8. The fourth-order valence-electron chi connectivity index (χ4n) is 5.25. The monoisotopic (exact) mass is 507 g/mol. The van der Waals surface area contributed by atoms with Gasteiger partial charge in [-0.05, 0) is 64.9 Å². The van der Waals surface area contributed by atoms with E-state index in [-0.39, 0.29) is 22.7 Å². The van der Waals surface area contributed by atoms with Gasteiger partial charge in [-0.3, -0.25) is 14.5 Å². The summed E-state index contributed by atoms with van der Waals surface area (Å²) >= 11 is 0. The second-order valence-corrected chi connectivity index (χ2v) is 11.0. The Balaban J connectivity index is 1.54. The first-order valence-corrected chi connectivity index (χ1v) is 12.8. The number of fused-ring (bicyclic) bond motifs is 2. The molecule has 192 valence electrons. The lowest BCUT2D eigenvalue weighted by molar-refractivity contribution is -0.132. The quantitative estimate of drug-likeness (QED) is 0.210. The summed E-state index contributed by atoms with van der Waals surface area (Å²) in [6.07, 6.45) is 0.723. The molecule has 7 nitrogen and oxygen atoms in total. The van der Waals surface area contributed by atoms with Gasteiger partial charge in [-0.1, -0.05) is 51.1 Å². The van der Waals surface area contributed by atoms with Crippen LogP contribution in [0.4, 0.5) is 5.95 Å². The predicted octanol–water partition coefficient (Wildman–Crippen LogP) is 5.73. The summed E-state index contributed by atoms with van der Waals surface area (Å²) in [6.45, 7) is 8.94. The molecule has 6 rings (SSSR count). The summed E-state index contributed by atoms with van der Waals surface area (Å²) in [5.41, 5.74) is 5.74. The van der Waals surface area contributed by atoms with Crippen LogP contribution in [0, 0.1) is 6.92 Å². The third-order valence-corrected chi connectivity index (χ3v) is 7.35. The molecule has 1 amide bonds. The summed E-state index contributed by atoms with van der Waals surface area (Å²) < 4.78 is 5.60. The predicted molar refractivity (Wildman–Crippen MR) is 146 cm³/mol. The van der Waals surface area contributed by atoms with Gasteiger partial charge in [-0.25, -0.2) is 4.98 Å². The van der Waals surface area contributed by atoms with Crippen molar-refractivity contribution in [2.45, 2.75) is 45.6 Å². The fourth-order valence-corrected chi connectivity index (χ4v) is 5.25. The minimum absolute atomic E-state index is 0.0361. The van der Waals surface area contributed by atoms with Crippen molar-refractivity contribution in [1.29, 1.82) is 0 Å². The van der Waals surface area contributed by atoms with Gasteiger partial charge in [-0.2, -0.15) is 0 Å². The van der Waals surface area contributed by atoms with Crippen molar-refractivity contribution in [2.24, 2.45) is 0 Å². The molecule has 4 aromatic rings. The highest BCUT2D eigenvalue weighted by atomic mass is 16.5. The van der Waals surface area contributed by atoms with E-state index >= 15 is 0 Å². The first-order chi connectivity index (χ1) is 18.1. The number of hydrogen-bond acceptors (Lipinski definition) is 5.